The molecule has 0 aromatic heterocycles. The number of quaternary nitrogens is 1. The molecule has 0 aliphatic rings. The van der Waals surface area contributed by atoms with Gasteiger partial charge in [-0.25, -0.2) is 0 Å². The quantitative estimate of drug-likeness (QED) is 0.0195. The summed E-state index contributed by atoms with van der Waals surface area (Å²) in [4.78, 5) is 38.2. The number of likely N-dealkylation sites (N-methyl/N-ethyl adjacent to an activating group) is 1. The molecule has 0 aliphatic carbocycles. The first-order chi connectivity index (χ1) is 46.0. The van der Waals surface area contributed by atoms with Crippen molar-refractivity contribution in [3.8, 4) is 0 Å². The first-order valence-corrected chi connectivity index (χ1v) is 43.9. The van der Waals surface area contributed by atoms with Gasteiger partial charge in [0, 0.05) is 12.8 Å². The number of hydrogen-bond donors (Lipinski definition) is 0. The van der Waals surface area contributed by atoms with Crippen molar-refractivity contribution in [3.05, 3.63) is 12.2 Å². The summed E-state index contributed by atoms with van der Waals surface area (Å²) in [6, 6.07) is 0. The number of carbonyl (C=O) groups excluding carboxylic acids is 2. The standard InChI is InChI=1S/C84H166NO8P/c1-6-8-10-12-14-16-18-20-22-24-26-28-30-32-34-36-38-40-41-42-43-45-46-48-50-52-54-56-58-60-62-64-66-68-70-72-74-76-83(86)90-80-82(81-92-94(88,89)91-79-78-85(3,4)5)93-84(87)77-75-73-71-69-67-65-63-61-59-57-55-53-51-49-47-44-39-37-35-33-31-29-27-25-23-21-19-17-15-13-11-9-7-2/h25,27,82H,6-24,26,28-81H2,1-5H3/b27-25-. The third kappa shape index (κ3) is 79.7. The highest BCUT2D eigenvalue weighted by Gasteiger charge is 2.22. The monoisotopic (exact) mass is 1350 g/mol. The number of ether oxygens (including phenoxy) is 2. The van der Waals surface area contributed by atoms with Crippen molar-refractivity contribution in [1.29, 1.82) is 0 Å². The van der Waals surface area contributed by atoms with E-state index in [1.807, 2.05) is 21.1 Å². The minimum absolute atomic E-state index is 0.0255. The normalized spacial score (nSPS) is 13.0. The van der Waals surface area contributed by atoms with Crippen molar-refractivity contribution in [2.45, 2.75) is 469 Å². The van der Waals surface area contributed by atoms with E-state index in [0.29, 0.717) is 17.4 Å². The average molecular weight is 1350 g/mol. The highest BCUT2D eigenvalue weighted by Crippen LogP contribution is 2.38. The number of esters is 2. The fourth-order valence-corrected chi connectivity index (χ4v) is 14.0. The first kappa shape index (κ1) is 92.8. The van der Waals surface area contributed by atoms with Gasteiger partial charge in [-0.15, -0.1) is 0 Å². The zero-order chi connectivity index (χ0) is 68.3. The fourth-order valence-electron chi connectivity index (χ4n) is 13.3. The minimum atomic E-state index is -4.64. The third-order valence-electron chi connectivity index (χ3n) is 19.8. The van der Waals surface area contributed by atoms with E-state index in [1.165, 1.54) is 398 Å². The molecule has 0 aromatic rings. The zero-order valence-corrected chi connectivity index (χ0v) is 65.1. The van der Waals surface area contributed by atoms with Crippen molar-refractivity contribution in [1.82, 2.24) is 0 Å². The lowest BCUT2D eigenvalue weighted by Crippen LogP contribution is -2.37. The number of phosphoric ester groups is 1. The summed E-state index contributed by atoms with van der Waals surface area (Å²) < 4.78 is 34.5. The van der Waals surface area contributed by atoms with Crippen LogP contribution < -0.4 is 4.89 Å². The summed E-state index contributed by atoms with van der Waals surface area (Å²) in [6.45, 7) is 4.34. The third-order valence-corrected chi connectivity index (χ3v) is 20.7. The molecule has 2 unspecified atom stereocenters. The van der Waals surface area contributed by atoms with Gasteiger partial charge < -0.3 is 27.9 Å². The first-order valence-electron chi connectivity index (χ1n) is 42.4. The Balaban J connectivity index is 3.86. The molecule has 0 rings (SSSR count). The number of phosphoric acid groups is 1. The van der Waals surface area contributed by atoms with Crippen LogP contribution in [0.4, 0.5) is 0 Å². The van der Waals surface area contributed by atoms with Gasteiger partial charge in [-0.05, 0) is 38.5 Å². The lowest BCUT2D eigenvalue weighted by atomic mass is 10.0. The highest BCUT2D eigenvalue weighted by molar-refractivity contribution is 7.45. The molecule has 0 aliphatic heterocycles. The predicted octanol–water partition coefficient (Wildman–Crippen LogP) is 27.6. The summed E-state index contributed by atoms with van der Waals surface area (Å²) in [7, 11) is 1.20. The molecule has 0 bridgehead atoms. The maximum Gasteiger partial charge on any atom is 0.306 e. The molecule has 10 heteroatoms. The van der Waals surface area contributed by atoms with Crippen molar-refractivity contribution in [2.24, 2.45) is 0 Å². The van der Waals surface area contributed by atoms with Crippen LogP contribution in [0.3, 0.4) is 0 Å². The number of carbonyl (C=O) groups is 2. The van der Waals surface area contributed by atoms with E-state index < -0.39 is 26.5 Å². The van der Waals surface area contributed by atoms with Crippen LogP contribution >= 0.6 is 7.82 Å². The van der Waals surface area contributed by atoms with Gasteiger partial charge >= 0.3 is 11.9 Å². The van der Waals surface area contributed by atoms with E-state index in [1.54, 1.807) is 0 Å². The molecule has 9 nitrogen and oxygen atoms in total. The van der Waals surface area contributed by atoms with Gasteiger partial charge in [0.15, 0.2) is 6.10 Å². The Kier molecular flexibility index (Phi) is 74.9. The average Bonchev–Trinajstić information content (AvgIpc) is 1.56. The van der Waals surface area contributed by atoms with E-state index in [2.05, 4.69) is 26.0 Å². The smallest absolute Gasteiger partial charge is 0.306 e. The van der Waals surface area contributed by atoms with Crippen LogP contribution in [0.5, 0.6) is 0 Å². The summed E-state index contributed by atoms with van der Waals surface area (Å²) >= 11 is 0. The Labute approximate surface area is 587 Å². The summed E-state index contributed by atoms with van der Waals surface area (Å²) in [5, 5.41) is 0. The maximum atomic E-state index is 12.9. The van der Waals surface area contributed by atoms with Crippen LogP contribution in [-0.4, -0.2) is 70.0 Å². The second kappa shape index (κ2) is 75.9. The molecule has 0 saturated heterocycles. The number of hydrogen-bond acceptors (Lipinski definition) is 8. The SMILES string of the molecule is CCCCCCCCCC/C=C\CCCCCCCCCCCCCCCCCCCCCCCC(=O)OC(COC(=O)CCCCCCCCCCCCCCCCCCCCCCCCCCCCCCCCCCCCCCC)COP(=O)([O-])OCC[N+](C)(C)C. The molecule has 0 radical (unpaired) electrons. The zero-order valence-electron chi connectivity index (χ0n) is 64.2. The molecule has 94 heavy (non-hydrogen) atoms. The van der Waals surface area contributed by atoms with E-state index >= 15 is 0 Å². The Bertz CT molecular complexity index is 1590. The molecule has 0 saturated carbocycles. The molecule has 0 amide bonds. The fraction of sp³-hybridized carbons (Fsp3) is 0.952. The molecule has 0 N–H and O–H groups in total. The van der Waals surface area contributed by atoms with Crippen molar-refractivity contribution in [3.63, 3.8) is 0 Å². The molecule has 2 atom stereocenters. The van der Waals surface area contributed by atoms with E-state index in [9.17, 15) is 19.0 Å². The van der Waals surface area contributed by atoms with Crippen LogP contribution in [0.1, 0.15) is 463 Å². The Morgan fingerprint density at radius 1 is 0.319 bits per heavy atom. The second-order valence-electron chi connectivity index (χ2n) is 30.6. The van der Waals surface area contributed by atoms with Gasteiger partial charge in [-0.1, -0.05) is 424 Å². The lowest BCUT2D eigenvalue weighted by Gasteiger charge is -2.28. The van der Waals surface area contributed by atoms with Gasteiger partial charge in [0.1, 0.15) is 19.8 Å². The predicted molar refractivity (Wildman–Crippen MR) is 407 cm³/mol. The number of unbranched alkanes of at least 4 members (excludes halogenated alkanes) is 65. The van der Waals surface area contributed by atoms with E-state index in [-0.39, 0.29) is 32.0 Å². The number of allylic oxidation sites excluding steroid dienone is 2. The summed E-state index contributed by atoms with van der Waals surface area (Å²) in [5.41, 5.74) is 0. The Morgan fingerprint density at radius 3 is 0.787 bits per heavy atom. The van der Waals surface area contributed by atoms with Crippen molar-refractivity contribution >= 4 is 19.8 Å². The van der Waals surface area contributed by atoms with Gasteiger partial charge in [0.25, 0.3) is 7.82 Å². The number of rotatable bonds is 81. The topological polar surface area (TPSA) is 111 Å². The van der Waals surface area contributed by atoms with Crippen molar-refractivity contribution < 1.29 is 42.1 Å². The van der Waals surface area contributed by atoms with Gasteiger partial charge in [0.2, 0.25) is 0 Å². The van der Waals surface area contributed by atoms with Crippen LogP contribution in [-0.2, 0) is 32.7 Å². The molecule has 560 valence electrons. The second-order valence-corrected chi connectivity index (χ2v) is 32.0. The van der Waals surface area contributed by atoms with Gasteiger partial charge in [-0.2, -0.15) is 0 Å². The molecule has 0 heterocycles. The summed E-state index contributed by atoms with van der Waals surface area (Å²) in [6.07, 6.45) is 96.6. The lowest BCUT2D eigenvalue weighted by molar-refractivity contribution is -0.870. The van der Waals surface area contributed by atoms with Crippen LogP contribution in [0, 0.1) is 0 Å². The Morgan fingerprint density at radius 2 is 0.543 bits per heavy atom. The van der Waals surface area contributed by atoms with Crippen LogP contribution in [0.25, 0.3) is 0 Å². The van der Waals surface area contributed by atoms with Gasteiger partial charge in [-0.3, -0.25) is 14.2 Å². The van der Waals surface area contributed by atoms with Crippen molar-refractivity contribution in [2.75, 3.05) is 47.5 Å². The van der Waals surface area contributed by atoms with Gasteiger partial charge in [0.05, 0.1) is 27.7 Å². The van der Waals surface area contributed by atoms with E-state index in [0.717, 1.165) is 32.1 Å². The Hall–Kier alpha value is -1.25. The largest absolute Gasteiger partial charge is 0.756 e. The molecule has 0 aromatic carbocycles. The highest BCUT2D eigenvalue weighted by atomic mass is 31.2. The number of nitrogens with zero attached hydrogens (tertiary/aromatic N) is 1. The molecular formula is C84H166NO8P. The van der Waals surface area contributed by atoms with Crippen LogP contribution in [0.15, 0.2) is 12.2 Å². The maximum absolute atomic E-state index is 12.9. The van der Waals surface area contributed by atoms with E-state index in [4.69, 9.17) is 18.5 Å². The van der Waals surface area contributed by atoms with Crippen LogP contribution in [0.2, 0.25) is 0 Å². The molecule has 0 spiro atoms. The molecule has 0 fully saturated rings. The molecular weight excluding hydrogens is 1180 g/mol. The summed E-state index contributed by atoms with van der Waals surface area (Å²) in [5.74, 6) is -0.801. The minimum Gasteiger partial charge on any atom is -0.756 e.